The Hall–Kier alpha value is -1.98. The van der Waals surface area contributed by atoms with Gasteiger partial charge in [0.1, 0.15) is 0 Å². The maximum Gasteiger partial charge on any atom is 0.247 e. The van der Waals surface area contributed by atoms with Crippen LogP contribution in [0, 0.1) is 6.92 Å². The van der Waals surface area contributed by atoms with Crippen molar-refractivity contribution in [2.45, 2.75) is 26.4 Å². The summed E-state index contributed by atoms with van der Waals surface area (Å²) < 4.78 is 6.98. The van der Waals surface area contributed by atoms with Crippen LogP contribution in [0.25, 0.3) is 11.5 Å². The second-order valence-corrected chi connectivity index (χ2v) is 6.95. The molecule has 24 heavy (non-hydrogen) atoms. The molecule has 124 valence electrons. The molecule has 0 aliphatic carbocycles. The van der Waals surface area contributed by atoms with Crippen molar-refractivity contribution >= 4 is 15.9 Å². The van der Waals surface area contributed by atoms with E-state index in [-0.39, 0.29) is 6.04 Å². The normalized spacial score (nSPS) is 12.5. The summed E-state index contributed by atoms with van der Waals surface area (Å²) in [5, 5.41) is 8.43. The molecule has 0 aliphatic heterocycles. The Labute approximate surface area is 150 Å². The van der Waals surface area contributed by atoms with E-state index >= 15 is 0 Å². The zero-order chi connectivity index (χ0) is 17.1. The first-order valence-corrected chi connectivity index (χ1v) is 8.67. The van der Waals surface area contributed by atoms with E-state index in [4.69, 9.17) is 4.42 Å². The third-order valence-corrected chi connectivity index (χ3v) is 4.60. The number of nitrogens with zero attached hydrogens (tertiary/aromatic N) is 3. The molecule has 0 radical (unpaired) electrons. The van der Waals surface area contributed by atoms with Crippen molar-refractivity contribution in [3.05, 3.63) is 70.0 Å². The molecule has 1 heterocycles. The second-order valence-electron chi connectivity index (χ2n) is 6.03. The minimum Gasteiger partial charge on any atom is -0.419 e. The minimum absolute atomic E-state index is 0.0414. The fraction of sp³-hybridized carbons (Fsp3) is 0.263. The summed E-state index contributed by atoms with van der Waals surface area (Å²) in [6, 6.07) is 16.5. The topological polar surface area (TPSA) is 42.2 Å². The summed E-state index contributed by atoms with van der Waals surface area (Å²) in [7, 11) is 2.06. The van der Waals surface area contributed by atoms with Crippen LogP contribution in [-0.4, -0.2) is 22.1 Å². The van der Waals surface area contributed by atoms with Crippen LogP contribution >= 0.6 is 15.9 Å². The van der Waals surface area contributed by atoms with Gasteiger partial charge in [-0.3, -0.25) is 4.90 Å². The molecule has 0 N–H and O–H groups in total. The Morgan fingerprint density at radius 2 is 1.88 bits per heavy atom. The highest BCUT2D eigenvalue weighted by Gasteiger charge is 2.19. The maximum absolute atomic E-state index is 5.89. The largest absolute Gasteiger partial charge is 0.419 e. The van der Waals surface area contributed by atoms with Gasteiger partial charge in [-0.05, 0) is 50.7 Å². The lowest BCUT2D eigenvalue weighted by Crippen LogP contribution is -2.22. The average molecular weight is 386 g/mol. The predicted octanol–water partition coefficient (Wildman–Crippen LogP) is 5.00. The molecule has 1 aromatic heterocycles. The van der Waals surface area contributed by atoms with Crippen LogP contribution in [0.5, 0.6) is 0 Å². The predicted molar refractivity (Wildman–Crippen MR) is 98.5 cm³/mol. The van der Waals surface area contributed by atoms with E-state index in [1.54, 1.807) is 0 Å². The fourth-order valence-corrected chi connectivity index (χ4v) is 2.77. The molecule has 0 fully saturated rings. The van der Waals surface area contributed by atoms with Gasteiger partial charge in [-0.1, -0.05) is 45.8 Å². The van der Waals surface area contributed by atoms with Crippen molar-refractivity contribution in [1.29, 1.82) is 0 Å². The molecule has 0 unspecified atom stereocenters. The van der Waals surface area contributed by atoms with E-state index < -0.39 is 0 Å². The molecule has 5 heteroatoms. The Kier molecular flexibility index (Phi) is 5.11. The van der Waals surface area contributed by atoms with Gasteiger partial charge < -0.3 is 4.42 Å². The zero-order valence-corrected chi connectivity index (χ0v) is 15.6. The molecule has 0 saturated carbocycles. The first-order chi connectivity index (χ1) is 11.5. The van der Waals surface area contributed by atoms with E-state index in [2.05, 4.69) is 82.3 Å². The molecule has 0 spiro atoms. The second kappa shape index (κ2) is 7.28. The molecular formula is C19H20BrN3O. The van der Waals surface area contributed by atoms with Crippen LogP contribution in [0.15, 0.2) is 57.4 Å². The third kappa shape index (κ3) is 3.91. The van der Waals surface area contributed by atoms with E-state index in [1.807, 2.05) is 18.2 Å². The molecule has 0 saturated heterocycles. The molecule has 2 aromatic carbocycles. The van der Waals surface area contributed by atoms with Gasteiger partial charge in [0.2, 0.25) is 11.8 Å². The Balaban J connectivity index is 1.73. The van der Waals surface area contributed by atoms with E-state index in [9.17, 15) is 0 Å². The maximum atomic E-state index is 5.89. The smallest absolute Gasteiger partial charge is 0.247 e. The number of halogens is 1. The molecule has 1 atom stereocenters. The highest BCUT2D eigenvalue weighted by Crippen LogP contribution is 2.25. The van der Waals surface area contributed by atoms with Gasteiger partial charge >= 0.3 is 0 Å². The third-order valence-electron chi connectivity index (χ3n) is 4.07. The van der Waals surface area contributed by atoms with Crippen molar-refractivity contribution in [3.8, 4) is 11.5 Å². The van der Waals surface area contributed by atoms with Crippen LogP contribution in [0.2, 0.25) is 0 Å². The van der Waals surface area contributed by atoms with Gasteiger partial charge in [-0.25, -0.2) is 0 Å². The standard InChI is InChI=1S/C19H20BrN3O/c1-13-5-4-6-16(11-13)19-22-21-18(24-19)14(2)23(3)12-15-7-9-17(20)10-8-15/h4-11,14H,12H2,1-3H3/t14-/m0/s1. The van der Waals surface area contributed by atoms with Gasteiger partial charge in [0.25, 0.3) is 0 Å². The summed E-state index contributed by atoms with van der Waals surface area (Å²) in [5.74, 6) is 1.20. The molecule has 4 nitrogen and oxygen atoms in total. The van der Waals surface area contributed by atoms with Gasteiger partial charge in [-0.2, -0.15) is 0 Å². The van der Waals surface area contributed by atoms with Gasteiger partial charge in [0.15, 0.2) is 0 Å². The molecule has 0 amide bonds. The highest BCUT2D eigenvalue weighted by molar-refractivity contribution is 9.10. The lowest BCUT2D eigenvalue weighted by molar-refractivity contribution is 0.218. The van der Waals surface area contributed by atoms with E-state index in [0.717, 1.165) is 16.6 Å². The Morgan fingerprint density at radius 3 is 2.58 bits per heavy atom. The fourth-order valence-electron chi connectivity index (χ4n) is 2.50. The summed E-state index contributed by atoms with van der Waals surface area (Å²) >= 11 is 3.46. The van der Waals surface area contributed by atoms with E-state index in [1.165, 1.54) is 11.1 Å². The first-order valence-electron chi connectivity index (χ1n) is 7.88. The molecule has 3 aromatic rings. The van der Waals surface area contributed by atoms with Crippen LogP contribution in [0.4, 0.5) is 0 Å². The van der Waals surface area contributed by atoms with Gasteiger partial charge in [0, 0.05) is 16.6 Å². The van der Waals surface area contributed by atoms with Crippen LogP contribution in [0.3, 0.4) is 0 Å². The number of rotatable bonds is 5. The minimum atomic E-state index is 0.0414. The highest BCUT2D eigenvalue weighted by atomic mass is 79.9. The Morgan fingerprint density at radius 1 is 1.12 bits per heavy atom. The number of benzene rings is 2. The van der Waals surface area contributed by atoms with Gasteiger partial charge in [0.05, 0.1) is 6.04 Å². The SMILES string of the molecule is Cc1cccc(-c2nnc([C@H](C)N(C)Cc3ccc(Br)cc3)o2)c1. The van der Waals surface area contributed by atoms with Crippen molar-refractivity contribution in [1.82, 2.24) is 15.1 Å². The summed E-state index contributed by atoms with van der Waals surface area (Å²) in [6.45, 7) is 4.94. The van der Waals surface area contributed by atoms with Crippen LogP contribution in [0.1, 0.15) is 30.0 Å². The summed E-state index contributed by atoms with van der Waals surface area (Å²) in [5.41, 5.74) is 3.37. The number of aromatic nitrogens is 2. The number of hydrogen-bond acceptors (Lipinski definition) is 4. The van der Waals surface area contributed by atoms with Gasteiger partial charge in [-0.15, -0.1) is 10.2 Å². The number of hydrogen-bond donors (Lipinski definition) is 0. The van der Waals surface area contributed by atoms with E-state index in [0.29, 0.717) is 11.8 Å². The Bertz CT molecular complexity index is 813. The van der Waals surface area contributed by atoms with Crippen molar-refractivity contribution in [3.63, 3.8) is 0 Å². The van der Waals surface area contributed by atoms with Crippen molar-refractivity contribution in [2.75, 3.05) is 7.05 Å². The molecule has 3 rings (SSSR count). The zero-order valence-electron chi connectivity index (χ0n) is 14.0. The van der Waals surface area contributed by atoms with Crippen molar-refractivity contribution in [2.24, 2.45) is 0 Å². The number of aryl methyl sites for hydroxylation is 1. The van der Waals surface area contributed by atoms with Crippen LogP contribution < -0.4 is 0 Å². The molecular weight excluding hydrogens is 366 g/mol. The quantitative estimate of drug-likeness (QED) is 0.619. The lowest BCUT2D eigenvalue weighted by Gasteiger charge is -2.21. The van der Waals surface area contributed by atoms with Crippen molar-refractivity contribution < 1.29 is 4.42 Å². The molecule has 0 aliphatic rings. The molecule has 0 bridgehead atoms. The van der Waals surface area contributed by atoms with Crippen LogP contribution in [-0.2, 0) is 6.54 Å². The first kappa shape index (κ1) is 16.9. The monoisotopic (exact) mass is 385 g/mol. The summed E-state index contributed by atoms with van der Waals surface area (Å²) in [4.78, 5) is 2.19. The average Bonchev–Trinajstić information content (AvgIpc) is 3.06. The lowest BCUT2D eigenvalue weighted by atomic mass is 10.1. The summed E-state index contributed by atoms with van der Waals surface area (Å²) in [6.07, 6.45) is 0.